The standard InChI is InChI=1S/C30H45NO2S/c1-5-8-10-12-14-27-28(15-13-11-9-6-2)30(24-32)34-29(27)21-18-25-16-19-26(20-17-25)31(7-3)22-23-33-4/h16-21,24H,5-15,22-23H2,1-4H3/b21-18+. The third-order valence-corrected chi connectivity index (χ3v) is 7.64. The zero-order valence-electron chi connectivity index (χ0n) is 21.9. The second-order valence-electron chi connectivity index (χ2n) is 9.02. The van der Waals surface area contributed by atoms with E-state index in [2.05, 4.69) is 62.1 Å². The summed E-state index contributed by atoms with van der Waals surface area (Å²) in [4.78, 5) is 16.4. The number of carbonyl (C=O) groups is 1. The van der Waals surface area contributed by atoms with Gasteiger partial charge in [0.05, 0.1) is 11.5 Å². The lowest BCUT2D eigenvalue weighted by atomic mass is 9.96. The molecular formula is C30H45NO2S. The van der Waals surface area contributed by atoms with Crippen LogP contribution in [0, 0.1) is 0 Å². The summed E-state index contributed by atoms with van der Waals surface area (Å²) in [6, 6.07) is 8.74. The first kappa shape index (κ1) is 28.3. The maximum Gasteiger partial charge on any atom is 0.160 e. The van der Waals surface area contributed by atoms with Gasteiger partial charge in [0.2, 0.25) is 0 Å². The largest absolute Gasteiger partial charge is 0.383 e. The second kappa shape index (κ2) is 16.7. The SMILES string of the molecule is CCCCCCc1c(C=O)sc(/C=C/c2ccc(N(CC)CCOC)cc2)c1CCCCCC. The summed E-state index contributed by atoms with van der Waals surface area (Å²) in [7, 11) is 1.75. The number of hydrogen-bond donors (Lipinski definition) is 0. The lowest BCUT2D eigenvalue weighted by Crippen LogP contribution is -2.26. The zero-order chi connectivity index (χ0) is 24.6. The molecule has 0 atom stereocenters. The predicted octanol–water partition coefficient (Wildman–Crippen LogP) is 8.45. The van der Waals surface area contributed by atoms with Gasteiger partial charge in [0, 0.05) is 30.8 Å². The maximum absolute atomic E-state index is 11.9. The van der Waals surface area contributed by atoms with Crippen LogP contribution in [-0.2, 0) is 17.6 Å². The average Bonchev–Trinajstić information content (AvgIpc) is 3.20. The number of likely N-dealkylation sites (N-methyl/N-ethyl adjacent to an activating group) is 1. The van der Waals surface area contributed by atoms with Crippen molar-refractivity contribution in [3.05, 3.63) is 50.7 Å². The normalized spacial score (nSPS) is 11.4. The van der Waals surface area contributed by atoms with Gasteiger partial charge in [0.1, 0.15) is 0 Å². The highest BCUT2D eigenvalue weighted by Crippen LogP contribution is 2.32. The number of benzene rings is 1. The molecule has 0 bridgehead atoms. The molecule has 34 heavy (non-hydrogen) atoms. The molecule has 188 valence electrons. The number of methoxy groups -OCH3 is 1. The molecule has 1 aromatic carbocycles. The average molecular weight is 484 g/mol. The topological polar surface area (TPSA) is 29.5 Å². The summed E-state index contributed by atoms with van der Waals surface area (Å²) in [5.74, 6) is 0. The van der Waals surface area contributed by atoms with Gasteiger partial charge in [-0.15, -0.1) is 11.3 Å². The van der Waals surface area contributed by atoms with E-state index in [0.717, 1.165) is 43.7 Å². The Bertz CT molecular complexity index is 853. The third kappa shape index (κ3) is 9.03. The summed E-state index contributed by atoms with van der Waals surface area (Å²) in [5.41, 5.74) is 5.15. The van der Waals surface area contributed by atoms with Crippen LogP contribution in [-0.4, -0.2) is 33.1 Å². The van der Waals surface area contributed by atoms with Crippen LogP contribution in [0.15, 0.2) is 24.3 Å². The Balaban J connectivity index is 2.21. The van der Waals surface area contributed by atoms with E-state index in [-0.39, 0.29) is 0 Å². The minimum atomic E-state index is 0.731. The Morgan fingerprint density at radius 1 is 0.824 bits per heavy atom. The minimum Gasteiger partial charge on any atom is -0.383 e. The van der Waals surface area contributed by atoms with Crippen LogP contribution in [0.2, 0.25) is 0 Å². The van der Waals surface area contributed by atoms with Gasteiger partial charge < -0.3 is 9.64 Å². The number of unbranched alkanes of at least 4 members (excludes halogenated alkanes) is 6. The smallest absolute Gasteiger partial charge is 0.160 e. The van der Waals surface area contributed by atoms with E-state index in [9.17, 15) is 4.79 Å². The molecule has 0 aliphatic carbocycles. The van der Waals surface area contributed by atoms with Crippen LogP contribution in [0.5, 0.6) is 0 Å². The maximum atomic E-state index is 11.9. The number of ether oxygens (including phenoxy) is 1. The van der Waals surface area contributed by atoms with Crippen LogP contribution in [0.1, 0.15) is 103 Å². The summed E-state index contributed by atoms with van der Waals surface area (Å²) in [5, 5.41) is 0. The van der Waals surface area contributed by atoms with Crippen LogP contribution in [0.3, 0.4) is 0 Å². The van der Waals surface area contributed by atoms with E-state index >= 15 is 0 Å². The lowest BCUT2D eigenvalue weighted by molar-refractivity contribution is 0.112. The van der Waals surface area contributed by atoms with Crippen molar-refractivity contribution in [3.63, 3.8) is 0 Å². The highest BCUT2D eigenvalue weighted by Gasteiger charge is 2.16. The molecule has 1 aromatic heterocycles. The van der Waals surface area contributed by atoms with Gasteiger partial charge in [-0.25, -0.2) is 0 Å². The van der Waals surface area contributed by atoms with Crippen LogP contribution in [0.25, 0.3) is 12.2 Å². The molecule has 0 spiro atoms. The fraction of sp³-hybridized carbons (Fsp3) is 0.567. The summed E-state index contributed by atoms with van der Waals surface area (Å²) >= 11 is 1.68. The number of anilines is 1. The van der Waals surface area contributed by atoms with Gasteiger partial charge in [-0.2, -0.15) is 0 Å². The van der Waals surface area contributed by atoms with E-state index in [1.54, 1.807) is 18.4 Å². The number of thiophene rings is 1. The van der Waals surface area contributed by atoms with E-state index in [4.69, 9.17) is 4.74 Å². The number of aldehydes is 1. The first-order chi connectivity index (χ1) is 16.7. The first-order valence-corrected chi connectivity index (χ1v) is 14.1. The van der Waals surface area contributed by atoms with Crippen LogP contribution in [0.4, 0.5) is 5.69 Å². The molecular weight excluding hydrogens is 438 g/mol. The summed E-state index contributed by atoms with van der Waals surface area (Å²) < 4.78 is 5.24. The molecule has 0 saturated carbocycles. The van der Waals surface area contributed by atoms with Gasteiger partial charge in [-0.3, -0.25) is 4.79 Å². The van der Waals surface area contributed by atoms with Crippen molar-refractivity contribution in [1.29, 1.82) is 0 Å². The van der Waals surface area contributed by atoms with E-state index in [1.165, 1.54) is 78.6 Å². The predicted molar refractivity (Wildman–Crippen MR) is 151 cm³/mol. The Hall–Kier alpha value is -1.91. The Labute approximate surface area is 212 Å². The van der Waals surface area contributed by atoms with Gasteiger partial charge in [-0.1, -0.05) is 70.6 Å². The van der Waals surface area contributed by atoms with Gasteiger partial charge in [0.25, 0.3) is 0 Å². The molecule has 0 aliphatic heterocycles. The number of nitrogens with zero attached hydrogens (tertiary/aromatic N) is 1. The second-order valence-corrected chi connectivity index (χ2v) is 10.1. The number of carbonyl (C=O) groups excluding carboxylic acids is 1. The number of hydrogen-bond acceptors (Lipinski definition) is 4. The van der Waals surface area contributed by atoms with E-state index < -0.39 is 0 Å². The Morgan fingerprint density at radius 2 is 1.44 bits per heavy atom. The van der Waals surface area contributed by atoms with Crippen molar-refractivity contribution in [1.82, 2.24) is 0 Å². The van der Waals surface area contributed by atoms with Crippen molar-refractivity contribution in [3.8, 4) is 0 Å². The molecule has 0 saturated heterocycles. The first-order valence-electron chi connectivity index (χ1n) is 13.3. The van der Waals surface area contributed by atoms with Crippen LogP contribution < -0.4 is 4.90 Å². The van der Waals surface area contributed by atoms with Crippen LogP contribution >= 0.6 is 11.3 Å². The van der Waals surface area contributed by atoms with Crippen molar-refractivity contribution in [2.24, 2.45) is 0 Å². The Morgan fingerprint density at radius 3 is 1.97 bits per heavy atom. The molecule has 4 heteroatoms. The summed E-state index contributed by atoms with van der Waals surface area (Å²) in [6.45, 7) is 9.26. The summed E-state index contributed by atoms with van der Waals surface area (Å²) in [6.07, 6.45) is 17.6. The van der Waals surface area contributed by atoms with Crippen molar-refractivity contribution >= 4 is 35.5 Å². The van der Waals surface area contributed by atoms with E-state index in [0.29, 0.717) is 0 Å². The highest BCUT2D eigenvalue weighted by molar-refractivity contribution is 7.15. The molecule has 0 unspecified atom stereocenters. The number of rotatable bonds is 18. The minimum absolute atomic E-state index is 0.731. The quantitative estimate of drug-likeness (QED) is 0.157. The highest BCUT2D eigenvalue weighted by atomic mass is 32.1. The van der Waals surface area contributed by atoms with Gasteiger partial charge >= 0.3 is 0 Å². The van der Waals surface area contributed by atoms with Crippen molar-refractivity contribution in [2.75, 3.05) is 31.7 Å². The lowest BCUT2D eigenvalue weighted by Gasteiger charge is -2.22. The molecule has 2 aromatic rings. The monoisotopic (exact) mass is 483 g/mol. The Kier molecular flexibility index (Phi) is 13.9. The molecule has 0 radical (unpaired) electrons. The molecule has 1 heterocycles. The molecule has 3 nitrogen and oxygen atoms in total. The molecule has 0 fully saturated rings. The molecule has 0 N–H and O–H groups in total. The van der Waals surface area contributed by atoms with Gasteiger partial charge in [-0.05, 0) is 67.5 Å². The zero-order valence-corrected chi connectivity index (χ0v) is 22.7. The molecule has 2 rings (SSSR count). The fourth-order valence-electron chi connectivity index (χ4n) is 4.41. The molecule has 0 aliphatic rings. The van der Waals surface area contributed by atoms with Crippen molar-refractivity contribution in [2.45, 2.75) is 85.0 Å². The van der Waals surface area contributed by atoms with Gasteiger partial charge in [0.15, 0.2) is 6.29 Å². The van der Waals surface area contributed by atoms with E-state index in [1.807, 2.05) is 0 Å². The third-order valence-electron chi connectivity index (χ3n) is 6.48. The van der Waals surface area contributed by atoms with Crippen molar-refractivity contribution < 1.29 is 9.53 Å². The fourth-order valence-corrected chi connectivity index (χ4v) is 5.53. The molecule has 0 amide bonds.